The van der Waals surface area contributed by atoms with Crippen LogP contribution in [0, 0.1) is 20.2 Å². The first-order valence-electron chi connectivity index (χ1n) is 8.58. The summed E-state index contributed by atoms with van der Waals surface area (Å²) >= 11 is 0. The first-order chi connectivity index (χ1) is 14.3. The van der Waals surface area contributed by atoms with E-state index in [-0.39, 0.29) is 17.1 Å². The number of nitrogens with two attached hydrogens (primary N) is 1. The highest BCUT2D eigenvalue weighted by atomic mass is 16.6. The lowest BCUT2D eigenvalue weighted by Crippen LogP contribution is -1.97. The summed E-state index contributed by atoms with van der Waals surface area (Å²) in [5.74, 6) is 0.885. The molecule has 0 heterocycles. The average Bonchev–Trinajstić information content (AvgIpc) is 2.75. The Hall–Kier alpha value is -4.34. The fourth-order valence-electron chi connectivity index (χ4n) is 2.38. The lowest BCUT2D eigenvalue weighted by molar-refractivity contribution is -0.384. The number of nitro groups is 2. The van der Waals surface area contributed by atoms with Gasteiger partial charge in [-0.15, -0.1) is 0 Å². The summed E-state index contributed by atoms with van der Waals surface area (Å²) in [6.45, 7) is 0. The van der Waals surface area contributed by atoms with Gasteiger partial charge in [0.25, 0.3) is 11.4 Å². The Labute approximate surface area is 172 Å². The van der Waals surface area contributed by atoms with E-state index in [9.17, 15) is 20.2 Å². The number of nitrogens with zero attached hydrogens (tertiary/aromatic N) is 2. The average molecular weight is 412 g/mol. The topological polar surface area (TPSA) is 143 Å². The molecular formula is C20H20N4O6. The number of para-hydroxylation sites is 1. The van der Waals surface area contributed by atoms with Crippen molar-refractivity contribution in [3.8, 4) is 11.5 Å². The maximum Gasteiger partial charge on any atom is 0.296 e. The van der Waals surface area contributed by atoms with Crippen LogP contribution >= 0.6 is 0 Å². The Bertz CT molecular complexity index is 1030. The zero-order valence-electron chi connectivity index (χ0n) is 16.3. The van der Waals surface area contributed by atoms with Gasteiger partial charge in [0, 0.05) is 5.69 Å². The molecule has 3 N–H and O–H groups in total. The summed E-state index contributed by atoms with van der Waals surface area (Å²) in [6, 6.07) is 18.3. The van der Waals surface area contributed by atoms with E-state index in [0.29, 0.717) is 17.2 Å². The highest BCUT2D eigenvalue weighted by Crippen LogP contribution is 2.31. The zero-order valence-corrected chi connectivity index (χ0v) is 16.3. The van der Waals surface area contributed by atoms with Crippen LogP contribution in [0.5, 0.6) is 11.5 Å². The monoisotopic (exact) mass is 412 g/mol. The van der Waals surface area contributed by atoms with E-state index in [1.54, 1.807) is 18.2 Å². The zero-order chi connectivity index (χ0) is 22.1. The van der Waals surface area contributed by atoms with E-state index in [4.69, 9.17) is 15.2 Å². The van der Waals surface area contributed by atoms with Crippen LogP contribution in [0.25, 0.3) is 0 Å². The lowest BCUT2D eigenvalue weighted by atomic mass is 10.2. The van der Waals surface area contributed by atoms with E-state index in [1.165, 1.54) is 32.4 Å². The number of nitrogens with one attached hydrogen (secondary N) is 1. The van der Waals surface area contributed by atoms with E-state index in [2.05, 4.69) is 5.32 Å². The molecule has 0 radical (unpaired) electrons. The fraction of sp³-hybridized carbons (Fsp3) is 0.100. The molecule has 0 amide bonds. The normalized spacial score (nSPS) is 9.67. The van der Waals surface area contributed by atoms with Gasteiger partial charge in [-0.3, -0.25) is 20.2 Å². The van der Waals surface area contributed by atoms with E-state index in [0.717, 1.165) is 5.69 Å². The number of benzene rings is 3. The van der Waals surface area contributed by atoms with Gasteiger partial charge in [-0.05, 0) is 36.4 Å². The van der Waals surface area contributed by atoms with Crippen LogP contribution in [0.4, 0.5) is 28.4 Å². The minimum atomic E-state index is -0.544. The van der Waals surface area contributed by atoms with Gasteiger partial charge in [-0.25, -0.2) is 0 Å². The fourth-order valence-corrected chi connectivity index (χ4v) is 2.38. The van der Waals surface area contributed by atoms with Crippen molar-refractivity contribution in [3.05, 3.63) is 87.0 Å². The third kappa shape index (κ3) is 5.83. The molecule has 10 nitrogen and oxygen atoms in total. The van der Waals surface area contributed by atoms with Crippen molar-refractivity contribution < 1.29 is 19.3 Å². The summed E-state index contributed by atoms with van der Waals surface area (Å²) in [4.78, 5) is 20.4. The van der Waals surface area contributed by atoms with Crippen LogP contribution in [0.15, 0.2) is 66.7 Å². The molecule has 0 aliphatic rings. The number of anilines is 3. The summed E-state index contributed by atoms with van der Waals surface area (Å²) in [5, 5.41) is 24.4. The predicted molar refractivity (Wildman–Crippen MR) is 113 cm³/mol. The minimum Gasteiger partial charge on any atom is -0.496 e. The number of hydrogen-bond acceptors (Lipinski definition) is 8. The molecule has 3 aromatic carbocycles. The first-order valence-corrected chi connectivity index (χ1v) is 8.58. The number of methoxy groups -OCH3 is 2. The van der Waals surface area contributed by atoms with Crippen molar-refractivity contribution in [2.45, 2.75) is 0 Å². The number of ether oxygens (including phenoxy) is 2. The molecule has 0 fully saturated rings. The molecule has 3 aromatic rings. The van der Waals surface area contributed by atoms with E-state index in [1.807, 2.05) is 30.3 Å². The van der Waals surface area contributed by atoms with Crippen LogP contribution < -0.4 is 20.5 Å². The van der Waals surface area contributed by atoms with Crippen molar-refractivity contribution in [2.24, 2.45) is 0 Å². The third-order valence-electron chi connectivity index (χ3n) is 3.89. The van der Waals surface area contributed by atoms with Gasteiger partial charge in [-0.2, -0.15) is 0 Å². The Kier molecular flexibility index (Phi) is 7.52. The smallest absolute Gasteiger partial charge is 0.296 e. The predicted octanol–water partition coefficient (Wildman–Crippen LogP) is 4.53. The van der Waals surface area contributed by atoms with Gasteiger partial charge in [0.15, 0.2) is 0 Å². The second-order valence-electron chi connectivity index (χ2n) is 5.81. The number of nitrogen functional groups attached to an aromatic ring is 1. The van der Waals surface area contributed by atoms with Crippen molar-refractivity contribution in [2.75, 3.05) is 25.3 Å². The molecular weight excluding hydrogens is 392 g/mol. The molecule has 0 bridgehead atoms. The van der Waals surface area contributed by atoms with E-state index < -0.39 is 9.85 Å². The van der Waals surface area contributed by atoms with Gasteiger partial charge < -0.3 is 20.5 Å². The summed E-state index contributed by atoms with van der Waals surface area (Å²) in [6.07, 6.45) is 0. The Balaban J connectivity index is 0.000000232. The molecule has 0 saturated carbocycles. The van der Waals surface area contributed by atoms with Gasteiger partial charge in [-0.1, -0.05) is 18.2 Å². The van der Waals surface area contributed by atoms with Crippen LogP contribution in [-0.2, 0) is 0 Å². The lowest BCUT2D eigenvalue weighted by Gasteiger charge is -2.08. The second kappa shape index (κ2) is 10.3. The van der Waals surface area contributed by atoms with Gasteiger partial charge in [0.2, 0.25) is 0 Å². The van der Waals surface area contributed by atoms with Gasteiger partial charge in [0.05, 0.1) is 36.2 Å². The Morgan fingerprint density at radius 2 is 1.33 bits per heavy atom. The minimum absolute atomic E-state index is 0.0156. The number of hydrogen-bond donors (Lipinski definition) is 2. The molecule has 30 heavy (non-hydrogen) atoms. The van der Waals surface area contributed by atoms with Crippen molar-refractivity contribution >= 4 is 28.4 Å². The molecule has 0 aromatic heterocycles. The largest absolute Gasteiger partial charge is 0.496 e. The summed E-state index contributed by atoms with van der Waals surface area (Å²) in [7, 11) is 2.92. The summed E-state index contributed by atoms with van der Waals surface area (Å²) < 4.78 is 9.78. The Morgan fingerprint density at radius 1 is 0.800 bits per heavy atom. The molecule has 0 aliphatic carbocycles. The van der Waals surface area contributed by atoms with Crippen molar-refractivity contribution in [1.82, 2.24) is 0 Å². The Morgan fingerprint density at radius 3 is 1.87 bits per heavy atom. The quantitative estimate of drug-likeness (QED) is 0.341. The van der Waals surface area contributed by atoms with E-state index >= 15 is 0 Å². The van der Waals surface area contributed by atoms with Crippen LogP contribution in [-0.4, -0.2) is 24.1 Å². The van der Waals surface area contributed by atoms with Gasteiger partial charge >= 0.3 is 0 Å². The van der Waals surface area contributed by atoms with Crippen LogP contribution in [0.2, 0.25) is 0 Å². The second-order valence-corrected chi connectivity index (χ2v) is 5.81. The van der Waals surface area contributed by atoms with Crippen LogP contribution in [0.1, 0.15) is 0 Å². The molecule has 0 aliphatic heterocycles. The number of nitro benzene ring substituents is 2. The van der Waals surface area contributed by atoms with Crippen molar-refractivity contribution in [1.29, 1.82) is 0 Å². The van der Waals surface area contributed by atoms with Gasteiger partial charge in [0.1, 0.15) is 22.9 Å². The van der Waals surface area contributed by atoms with Crippen LogP contribution in [0.3, 0.4) is 0 Å². The third-order valence-corrected chi connectivity index (χ3v) is 3.89. The standard InChI is InChI=1S/C13H12N2O3.C7H8N2O3/c1-18-11-7-8-12(13(9-11)15(16)17)14-10-5-3-2-4-6-10;1-12-5-2-3-6(8)7(4-5)9(10)11/h2-9,14H,1H3;2-4H,8H2,1H3. The molecule has 0 unspecified atom stereocenters. The number of rotatable bonds is 6. The first kappa shape index (κ1) is 22.0. The maximum atomic E-state index is 11.0. The molecule has 0 saturated heterocycles. The molecule has 156 valence electrons. The molecule has 10 heteroatoms. The highest BCUT2D eigenvalue weighted by Gasteiger charge is 2.15. The molecule has 3 rings (SSSR count). The maximum absolute atomic E-state index is 11.0. The van der Waals surface area contributed by atoms with Crippen molar-refractivity contribution in [3.63, 3.8) is 0 Å². The summed E-state index contributed by atoms with van der Waals surface area (Å²) in [5.41, 5.74) is 6.58. The molecule has 0 atom stereocenters. The highest BCUT2D eigenvalue weighted by molar-refractivity contribution is 5.70. The molecule has 0 spiro atoms. The SMILES string of the molecule is COc1ccc(N)c([N+](=O)[O-])c1.COc1ccc(Nc2ccccc2)c([N+](=O)[O-])c1.